The third-order valence-electron chi connectivity index (χ3n) is 4.85. The van der Waals surface area contributed by atoms with E-state index in [1.54, 1.807) is 40.6 Å². The summed E-state index contributed by atoms with van der Waals surface area (Å²) in [5.41, 5.74) is 1.89. The van der Waals surface area contributed by atoms with Gasteiger partial charge in [0.15, 0.2) is 5.65 Å². The highest BCUT2D eigenvalue weighted by atomic mass is 79.9. The van der Waals surface area contributed by atoms with E-state index in [1.165, 1.54) is 12.5 Å². The van der Waals surface area contributed by atoms with E-state index in [-0.39, 0.29) is 11.5 Å². The fraction of sp³-hybridized carbons (Fsp3) is 0.182. The van der Waals surface area contributed by atoms with Crippen molar-refractivity contribution in [2.45, 2.75) is 13.1 Å². The van der Waals surface area contributed by atoms with Gasteiger partial charge in [0.05, 0.1) is 26.4 Å². The monoisotopic (exact) mass is 481 g/mol. The summed E-state index contributed by atoms with van der Waals surface area (Å²) in [6.07, 6.45) is 3.05. The Balaban J connectivity index is 1.43. The molecule has 0 aliphatic rings. The smallest absolute Gasteiger partial charge is 0.264 e. The standard InChI is InChI=1S/C22H20BrN5O3/c1-31-18-8-4-16(5-9-18)21(29)24-10-11-28-20-19(12-26-28)22(30)27(14-25-20)13-15-2-6-17(23)7-3-15/h2-9,12,14H,10-11,13H2,1H3,(H,24,29). The van der Waals surface area contributed by atoms with Gasteiger partial charge >= 0.3 is 0 Å². The zero-order valence-corrected chi connectivity index (χ0v) is 18.4. The van der Waals surface area contributed by atoms with Crippen molar-refractivity contribution >= 4 is 32.9 Å². The van der Waals surface area contributed by atoms with Crippen LogP contribution in [0.5, 0.6) is 5.75 Å². The molecule has 4 aromatic rings. The van der Waals surface area contributed by atoms with E-state index in [9.17, 15) is 9.59 Å². The molecule has 158 valence electrons. The Hall–Kier alpha value is -3.46. The lowest BCUT2D eigenvalue weighted by Gasteiger charge is -2.08. The number of aromatic nitrogens is 4. The third kappa shape index (κ3) is 4.66. The molecule has 2 aromatic heterocycles. The Bertz CT molecular complexity index is 1260. The molecule has 0 spiro atoms. The lowest BCUT2D eigenvalue weighted by molar-refractivity contribution is 0.0952. The van der Waals surface area contributed by atoms with Crippen LogP contribution in [0.2, 0.25) is 0 Å². The molecule has 0 saturated heterocycles. The summed E-state index contributed by atoms with van der Waals surface area (Å²) in [4.78, 5) is 29.5. The molecule has 2 heterocycles. The number of hydrogen-bond donors (Lipinski definition) is 1. The molecule has 0 aliphatic carbocycles. The number of halogens is 1. The summed E-state index contributed by atoms with van der Waals surface area (Å²) in [5, 5.41) is 7.57. The van der Waals surface area contributed by atoms with Crippen LogP contribution in [0.1, 0.15) is 15.9 Å². The number of fused-ring (bicyclic) bond motifs is 1. The van der Waals surface area contributed by atoms with Gasteiger partial charge in [-0.3, -0.25) is 14.2 Å². The number of ether oxygens (including phenoxy) is 1. The topological polar surface area (TPSA) is 91.0 Å². The minimum atomic E-state index is -0.191. The number of amides is 1. The van der Waals surface area contributed by atoms with Crippen molar-refractivity contribution in [3.05, 3.63) is 87.0 Å². The Kier molecular flexibility index (Phi) is 6.13. The van der Waals surface area contributed by atoms with Crippen molar-refractivity contribution in [1.29, 1.82) is 0 Å². The van der Waals surface area contributed by atoms with Crippen molar-refractivity contribution in [2.75, 3.05) is 13.7 Å². The second kappa shape index (κ2) is 9.13. The normalized spacial score (nSPS) is 10.9. The Labute approximate surface area is 186 Å². The van der Waals surface area contributed by atoms with E-state index in [2.05, 4.69) is 31.3 Å². The predicted octanol–water partition coefficient (Wildman–Crippen LogP) is 2.84. The maximum atomic E-state index is 12.8. The van der Waals surface area contributed by atoms with Crippen LogP contribution in [0.4, 0.5) is 0 Å². The largest absolute Gasteiger partial charge is 0.497 e. The molecule has 0 unspecified atom stereocenters. The van der Waals surface area contributed by atoms with E-state index < -0.39 is 0 Å². The molecule has 0 radical (unpaired) electrons. The lowest BCUT2D eigenvalue weighted by atomic mass is 10.2. The molecule has 0 atom stereocenters. The summed E-state index contributed by atoms with van der Waals surface area (Å²) >= 11 is 3.41. The van der Waals surface area contributed by atoms with Crippen molar-refractivity contribution < 1.29 is 9.53 Å². The number of benzene rings is 2. The van der Waals surface area contributed by atoms with Crippen LogP contribution in [0.3, 0.4) is 0 Å². The van der Waals surface area contributed by atoms with Crippen LogP contribution in [-0.2, 0) is 13.1 Å². The molecule has 0 fully saturated rings. The maximum absolute atomic E-state index is 12.8. The number of carbonyl (C=O) groups excluding carboxylic acids is 1. The first-order chi connectivity index (χ1) is 15.0. The molecule has 8 nitrogen and oxygen atoms in total. The molecule has 2 aromatic carbocycles. The van der Waals surface area contributed by atoms with Crippen LogP contribution in [-0.4, -0.2) is 38.9 Å². The molecule has 0 aliphatic heterocycles. The number of nitrogens with one attached hydrogen (secondary N) is 1. The van der Waals surface area contributed by atoms with Gasteiger partial charge in [0.25, 0.3) is 11.5 Å². The van der Waals surface area contributed by atoms with Crippen molar-refractivity contribution in [3.8, 4) is 5.75 Å². The first-order valence-electron chi connectivity index (χ1n) is 9.63. The second-order valence-corrected chi connectivity index (χ2v) is 7.81. The number of methoxy groups -OCH3 is 1. The van der Waals surface area contributed by atoms with Crippen molar-refractivity contribution in [1.82, 2.24) is 24.6 Å². The predicted molar refractivity (Wildman–Crippen MR) is 120 cm³/mol. The van der Waals surface area contributed by atoms with Gasteiger partial charge in [0.2, 0.25) is 0 Å². The number of hydrogen-bond acceptors (Lipinski definition) is 5. The number of rotatable bonds is 7. The quantitative estimate of drug-likeness (QED) is 0.438. The van der Waals surface area contributed by atoms with E-state index in [0.29, 0.717) is 42.0 Å². The van der Waals surface area contributed by atoms with Gasteiger partial charge in [-0.2, -0.15) is 5.10 Å². The summed E-state index contributed by atoms with van der Waals surface area (Å²) in [5.74, 6) is 0.500. The minimum absolute atomic E-state index is 0.151. The van der Waals surface area contributed by atoms with Crippen LogP contribution in [0, 0.1) is 0 Å². The minimum Gasteiger partial charge on any atom is -0.497 e. The average molecular weight is 482 g/mol. The first kappa shape index (κ1) is 20.8. The molecule has 31 heavy (non-hydrogen) atoms. The van der Waals surface area contributed by atoms with Gasteiger partial charge in [-0.05, 0) is 42.0 Å². The van der Waals surface area contributed by atoms with Crippen molar-refractivity contribution in [3.63, 3.8) is 0 Å². The molecule has 1 N–H and O–H groups in total. The molecular formula is C22H20BrN5O3. The van der Waals surface area contributed by atoms with Gasteiger partial charge < -0.3 is 10.1 Å². The lowest BCUT2D eigenvalue weighted by Crippen LogP contribution is -2.27. The van der Waals surface area contributed by atoms with Crippen LogP contribution in [0.25, 0.3) is 11.0 Å². The average Bonchev–Trinajstić information content (AvgIpc) is 3.21. The molecular weight excluding hydrogens is 462 g/mol. The Morgan fingerprint density at radius 3 is 2.58 bits per heavy atom. The fourth-order valence-corrected chi connectivity index (χ4v) is 3.44. The van der Waals surface area contributed by atoms with Crippen LogP contribution < -0.4 is 15.6 Å². The van der Waals surface area contributed by atoms with Gasteiger partial charge in [-0.25, -0.2) is 9.67 Å². The highest BCUT2D eigenvalue weighted by Crippen LogP contribution is 2.13. The third-order valence-corrected chi connectivity index (χ3v) is 5.38. The molecule has 4 rings (SSSR count). The summed E-state index contributed by atoms with van der Waals surface area (Å²) in [7, 11) is 1.58. The zero-order chi connectivity index (χ0) is 21.8. The van der Waals surface area contributed by atoms with E-state index in [4.69, 9.17) is 4.74 Å². The molecule has 0 bridgehead atoms. The van der Waals surface area contributed by atoms with Gasteiger partial charge in [0, 0.05) is 16.6 Å². The van der Waals surface area contributed by atoms with E-state index in [0.717, 1.165) is 10.0 Å². The van der Waals surface area contributed by atoms with Gasteiger partial charge in [-0.1, -0.05) is 28.1 Å². The second-order valence-electron chi connectivity index (χ2n) is 6.89. The highest BCUT2D eigenvalue weighted by Gasteiger charge is 2.11. The maximum Gasteiger partial charge on any atom is 0.264 e. The Morgan fingerprint density at radius 2 is 1.87 bits per heavy atom. The summed E-state index contributed by atoms with van der Waals surface area (Å²) in [6, 6.07) is 14.7. The van der Waals surface area contributed by atoms with Gasteiger partial charge in [-0.15, -0.1) is 0 Å². The highest BCUT2D eigenvalue weighted by molar-refractivity contribution is 9.10. The Morgan fingerprint density at radius 1 is 1.13 bits per heavy atom. The number of nitrogens with zero attached hydrogens (tertiary/aromatic N) is 4. The molecule has 9 heteroatoms. The zero-order valence-electron chi connectivity index (χ0n) is 16.8. The SMILES string of the molecule is COc1ccc(C(=O)NCCn2ncc3c(=O)n(Cc4ccc(Br)cc4)cnc32)cc1. The molecule has 0 saturated carbocycles. The van der Waals surface area contributed by atoms with Gasteiger partial charge in [0.1, 0.15) is 17.5 Å². The summed E-state index contributed by atoms with van der Waals surface area (Å²) in [6.45, 7) is 1.18. The van der Waals surface area contributed by atoms with Crippen molar-refractivity contribution in [2.24, 2.45) is 0 Å². The van der Waals surface area contributed by atoms with E-state index in [1.807, 2.05) is 24.3 Å². The van der Waals surface area contributed by atoms with Crippen LogP contribution in [0.15, 0.2) is 70.3 Å². The fourth-order valence-electron chi connectivity index (χ4n) is 3.18. The molecule has 1 amide bonds. The number of carbonyl (C=O) groups is 1. The van der Waals surface area contributed by atoms with Crippen LogP contribution >= 0.6 is 15.9 Å². The van der Waals surface area contributed by atoms with E-state index >= 15 is 0 Å². The summed E-state index contributed by atoms with van der Waals surface area (Å²) < 4.78 is 9.26. The first-order valence-corrected chi connectivity index (χ1v) is 10.4.